The maximum absolute atomic E-state index is 12.0. The summed E-state index contributed by atoms with van der Waals surface area (Å²) in [6, 6.07) is 8.16. The highest BCUT2D eigenvalue weighted by Crippen LogP contribution is 2.21. The highest BCUT2D eigenvalue weighted by atomic mass is 16.5. The van der Waals surface area contributed by atoms with Crippen molar-refractivity contribution in [2.75, 3.05) is 26.7 Å². The van der Waals surface area contributed by atoms with Crippen LogP contribution in [0.25, 0.3) is 0 Å². The van der Waals surface area contributed by atoms with E-state index in [0.717, 1.165) is 44.6 Å². The molecule has 0 radical (unpaired) electrons. The summed E-state index contributed by atoms with van der Waals surface area (Å²) in [4.78, 5) is 12.0. The molecule has 116 valence electrons. The zero-order chi connectivity index (χ0) is 15.1. The molecule has 1 aliphatic rings. The van der Waals surface area contributed by atoms with Crippen molar-refractivity contribution in [1.29, 1.82) is 0 Å². The lowest BCUT2D eigenvalue weighted by Gasteiger charge is -2.22. The van der Waals surface area contributed by atoms with Crippen molar-refractivity contribution >= 4 is 5.91 Å². The summed E-state index contributed by atoms with van der Waals surface area (Å²) in [7, 11) is 1.67. The van der Waals surface area contributed by atoms with Gasteiger partial charge in [-0.2, -0.15) is 0 Å². The second kappa shape index (κ2) is 8.03. The van der Waals surface area contributed by atoms with E-state index in [1.165, 1.54) is 5.56 Å². The molecule has 1 amide bonds. The number of methoxy groups -OCH3 is 1. The molecule has 0 saturated carbocycles. The predicted octanol–water partition coefficient (Wildman–Crippen LogP) is 2.30. The molecule has 1 aromatic rings. The molecule has 2 N–H and O–H groups in total. The molecule has 21 heavy (non-hydrogen) atoms. The summed E-state index contributed by atoms with van der Waals surface area (Å²) in [5.41, 5.74) is 1.28. The van der Waals surface area contributed by atoms with Crippen LogP contribution in [0.2, 0.25) is 0 Å². The summed E-state index contributed by atoms with van der Waals surface area (Å²) < 4.78 is 5.17. The van der Waals surface area contributed by atoms with Crippen LogP contribution in [0.5, 0.6) is 5.75 Å². The lowest BCUT2D eigenvalue weighted by molar-refractivity contribution is -0.125. The third kappa shape index (κ3) is 4.74. The van der Waals surface area contributed by atoms with Crippen LogP contribution in [-0.4, -0.2) is 32.7 Å². The number of carbonyl (C=O) groups is 1. The van der Waals surface area contributed by atoms with E-state index in [1.54, 1.807) is 7.11 Å². The van der Waals surface area contributed by atoms with Gasteiger partial charge in [-0.15, -0.1) is 0 Å². The molecule has 1 aliphatic heterocycles. The van der Waals surface area contributed by atoms with Gasteiger partial charge in [0.25, 0.3) is 0 Å². The molecule has 0 aliphatic carbocycles. The molecular formula is C17H26N2O2. The van der Waals surface area contributed by atoms with Crippen molar-refractivity contribution < 1.29 is 9.53 Å². The Hall–Kier alpha value is -1.55. The number of rotatable bonds is 6. The Morgan fingerprint density at radius 2 is 2.19 bits per heavy atom. The molecule has 1 heterocycles. The largest absolute Gasteiger partial charge is 0.497 e. The van der Waals surface area contributed by atoms with Crippen LogP contribution in [0.4, 0.5) is 0 Å². The predicted molar refractivity (Wildman–Crippen MR) is 84.6 cm³/mol. The van der Waals surface area contributed by atoms with Gasteiger partial charge in [-0.25, -0.2) is 0 Å². The van der Waals surface area contributed by atoms with E-state index in [-0.39, 0.29) is 11.8 Å². The van der Waals surface area contributed by atoms with Gasteiger partial charge in [0.15, 0.2) is 0 Å². The van der Waals surface area contributed by atoms with E-state index >= 15 is 0 Å². The molecule has 2 rings (SSSR count). The van der Waals surface area contributed by atoms with Crippen molar-refractivity contribution in [3.05, 3.63) is 29.8 Å². The highest BCUT2D eigenvalue weighted by molar-refractivity contribution is 5.78. The second-order valence-electron chi connectivity index (χ2n) is 5.80. The number of nitrogens with one attached hydrogen (secondary N) is 2. The van der Waals surface area contributed by atoms with E-state index in [2.05, 4.69) is 29.7 Å². The molecule has 0 spiro atoms. The fourth-order valence-electron chi connectivity index (χ4n) is 2.73. The first-order valence-electron chi connectivity index (χ1n) is 7.83. The van der Waals surface area contributed by atoms with Crippen molar-refractivity contribution in [2.24, 2.45) is 5.92 Å². The highest BCUT2D eigenvalue weighted by Gasteiger charge is 2.20. The summed E-state index contributed by atoms with van der Waals surface area (Å²) in [5.74, 6) is 1.66. The number of benzene rings is 1. The van der Waals surface area contributed by atoms with Crippen LogP contribution >= 0.6 is 0 Å². The Morgan fingerprint density at radius 1 is 1.43 bits per heavy atom. The van der Waals surface area contributed by atoms with Gasteiger partial charge in [0.2, 0.25) is 5.91 Å². The minimum atomic E-state index is 0.148. The first-order chi connectivity index (χ1) is 10.2. The number of carbonyl (C=O) groups excluding carboxylic acids is 1. The Labute approximate surface area is 127 Å². The Morgan fingerprint density at radius 3 is 2.81 bits per heavy atom. The number of amides is 1. The fourth-order valence-corrected chi connectivity index (χ4v) is 2.73. The van der Waals surface area contributed by atoms with Gasteiger partial charge in [0.05, 0.1) is 13.0 Å². The van der Waals surface area contributed by atoms with Crippen LogP contribution in [0.3, 0.4) is 0 Å². The monoisotopic (exact) mass is 290 g/mol. The first kappa shape index (κ1) is 15.8. The maximum Gasteiger partial charge on any atom is 0.224 e. The quantitative estimate of drug-likeness (QED) is 0.845. The van der Waals surface area contributed by atoms with Gasteiger partial charge in [-0.3, -0.25) is 4.79 Å². The van der Waals surface area contributed by atoms with E-state index < -0.39 is 0 Å². The van der Waals surface area contributed by atoms with Crippen LogP contribution in [-0.2, 0) is 4.79 Å². The van der Waals surface area contributed by atoms with Crippen molar-refractivity contribution in [2.45, 2.75) is 32.1 Å². The molecule has 1 saturated heterocycles. The van der Waals surface area contributed by atoms with Crippen molar-refractivity contribution in [3.63, 3.8) is 0 Å². The molecule has 0 bridgehead atoms. The summed E-state index contributed by atoms with van der Waals surface area (Å²) in [6.07, 6.45) is 3.06. The van der Waals surface area contributed by atoms with E-state index in [0.29, 0.717) is 5.92 Å². The maximum atomic E-state index is 12.0. The second-order valence-corrected chi connectivity index (χ2v) is 5.80. The number of piperidine rings is 1. The number of ether oxygens (including phenoxy) is 1. The SMILES string of the molecule is COc1ccc(C(C)CCNC(=O)C2CCCNC2)cc1. The molecule has 4 nitrogen and oxygen atoms in total. The lowest BCUT2D eigenvalue weighted by Crippen LogP contribution is -2.40. The average Bonchev–Trinajstić information content (AvgIpc) is 2.55. The molecule has 4 heteroatoms. The number of hydrogen-bond acceptors (Lipinski definition) is 3. The third-order valence-corrected chi connectivity index (χ3v) is 4.23. The average molecular weight is 290 g/mol. The smallest absolute Gasteiger partial charge is 0.224 e. The summed E-state index contributed by atoms with van der Waals surface area (Å²) in [5, 5.41) is 6.35. The molecular weight excluding hydrogens is 264 g/mol. The molecule has 2 atom stereocenters. The molecule has 2 unspecified atom stereocenters. The van der Waals surface area contributed by atoms with Gasteiger partial charge in [-0.1, -0.05) is 19.1 Å². The minimum Gasteiger partial charge on any atom is -0.497 e. The molecule has 1 aromatic carbocycles. The first-order valence-corrected chi connectivity index (χ1v) is 7.83. The zero-order valence-electron chi connectivity index (χ0n) is 13.0. The summed E-state index contributed by atoms with van der Waals surface area (Å²) in [6.45, 7) is 4.79. The van der Waals surface area contributed by atoms with Gasteiger partial charge < -0.3 is 15.4 Å². The van der Waals surface area contributed by atoms with Gasteiger partial charge >= 0.3 is 0 Å². The standard InChI is InChI=1S/C17H26N2O2/c1-13(14-5-7-16(21-2)8-6-14)9-11-19-17(20)15-4-3-10-18-12-15/h5-8,13,15,18H,3-4,9-12H2,1-2H3,(H,19,20). The van der Waals surface area contributed by atoms with E-state index in [1.807, 2.05) is 12.1 Å². The third-order valence-electron chi connectivity index (χ3n) is 4.23. The van der Waals surface area contributed by atoms with Crippen molar-refractivity contribution in [3.8, 4) is 5.75 Å². The minimum absolute atomic E-state index is 0.148. The fraction of sp³-hybridized carbons (Fsp3) is 0.588. The topological polar surface area (TPSA) is 50.4 Å². The summed E-state index contributed by atoms with van der Waals surface area (Å²) >= 11 is 0. The van der Waals surface area contributed by atoms with Gasteiger partial charge in [-0.05, 0) is 49.4 Å². The van der Waals surface area contributed by atoms with Gasteiger partial charge in [0, 0.05) is 13.1 Å². The Bertz CT molecular complexity index is 439. The van der Waals surface area contributed by atoms with Crippen LogP contribution in [0.1, 0.15) is 37.7 Å². The lowest BCUT2D eigenvalue weighted by atomic mass is 9.96. The van der Waals surface area contributed by atoms with Crippen molar-refractivity contribution in [1.82, 2.24) is 10.6 Å². The van der Waals surface area contributed by atoms with Crippen LogP contribution in [0.15, 0.2) is 24.3 Å². The number of hydrogen-bond donors (Lipinski definition) is 2. The zero-order valence-corrected chi connectivity index (χ0v) is 13.0. The Kier molecular flexibility index (Phi) is 6.05. The normalized spacial score (nSPS) is 19.8. The van der Waals surface area contributed by atoms with Gasteiger partial charge in [0.1, 0.15) is 5.75 Å². The Balaban J connectivity index is 1.72. The van der Waals surface area contributed by atoms with Crippen LogP contribution < -0.4 is 15.4 Å². The van der Waals surface area contributed by atoms with E-state index in [9.17, 15) is 4.79 Å². The van der Waals surface area contributed by atoms with E-state index in [4.69, 9.17) is 4.74 Å². The van der Waals surface area contributed by atoms with Crippen LogP contribution in [0, 0.1) is 5.92 Å². The molecule has 0 aromatic heterocycles. The molecule has 1 fully saturated rings.